The molecule has 0 amide bonds. The van der Waals surface area contributed by atoms with Crippen LogP contribution >= 0.6 is 11.6 Å². The number of oxime groups is 1. The summed E-state index contributed by atoms with van der Waals surface area (Å²) in [5.74, 6) is 0.554. The summed E-state index contributed by atoms with van der Waals surface area (Å²) in [6.07, 6.45) is 3.48. The Balaban J connectivity index is 2.84. The third-order valence-electron chi connectivity index (χ3n) is 3.98. The molecule has 0 bridgehead atoms. The lowest BCUT2D eigenvalue weighted by Gasteiger charge is -2.25. The van der Waals surface area contributed by atoms with Gasteiger partial charge in [-0.3, -0.25) is 9.00 Å². The number of carbonyl (C=O) groups is 1. The van der Waals surface area contributed by atoms with Crippen molar-refractivity contribution in [2.75, 3.05) is 12.4 Å². The Bertz CT molecular complexity index is 557. The zero-order valence-electron chi connectivity index (χ0n) is 14.5. The normalized spacial score (nSPS) is 22.1. The molecule has 0 saturated carbocycles. The first kappa shape index (κ1) is 20.9. The average Bonchev–Trinajstić information content (AvgIpc) is 2.55. The van der Waals surface area contributed by atoms with Gasteiger partial charge in [0.25, 0.3) is 0 Å². The molecule has 0 saturated heterocycles. The maximum atomic E-state index is 12.5. The van der Waals surface area contributed by atoms with E-state index in [4.69, 9.17) is 16.4 Å². The van der Waals surface area contributed by atoms with Gasteiger partial charge in [-0.2, -0.15) is 0 Å². The first-order valence-corrected chi connectivity index (χ1v) is 10.0. The molecule has 7 heteroatoms. The van der Waals surface area contributed by atoms with Crippen LogP contribution in [0.25, 0.3) is 0 Å². The zero-order chi connectivity index (χ0) is 18.1. The number of nitrogens with zero attached hydrogens (tertiary/aromatic N) is 1. The van der Waals surface area contributed by atoms with Gasteiger partial charge >= 0.3 is 0 Å². The van der Waals surface area contributed by atoms with Crippen LogP contribution in [0.15, 0.2) is 28.1 Å². The minimum Gasteiger partial charge on any atom is -0.511 e. The van der Waals surface area contributed by atoms with Crippen LogP contribution in [0.3, 0.4) is 0 Å². The van der Waals surface area contributed by atoms with Crippen molar-refractivity contribution in [2.45, 2.75) is 51.7 Å². The molecule has 0 heterocycles. The second kappa shape index (κ2) is 10.7. The van der Waals surface area contributed by atoms with Crippen molar-refractivity contribution < 1.29 is 18.9 Å². The summed E-state index contributed by atoms with van der Waals surface area (Å²) in [4.78, 5) is 17.6. The fourth-order valence-electron chi connectivity index (χ4n) is 2.81. The monoisotopic (exact) mass is 375 g/mol. The second-order valence-electron chi connectivity index (χ2n) is 5.78. The summed E-state index contributed by atoms with van der Waals surface area (Å²) in [5, 5.41) is 14.3. The summed E-state index contributed by atoms with van der Waals surface area (Å²) in [5.41, 5.74) is 2.05. The number of allylic oxidation sites excluding steroid dienone is 2. The summed E-state index contributed by atoms with van der Waals surface area (Å²) in [6, 6.07) is 0. The fraction of sp³-hybridized carbons (Fsp3) is 0.647. The van der Waals surface area contributed by atoms with Gasteiger partial charge in [-0.25, -0.2) is 0 Å². The van der Waals surface area contributed by atoms with Gasteiger partial charge in [-0.05, 0) is 24.8 Å². The Morgan fingerprint density at radius 3 is 2.75 bits per heavy atom. The van der Waals surface area contributed by atoms with Crippen molar-refractivity contribution in [3.8, 4) is 0 Å². The average molecular weight is 376 g/mol. The van der Waals surface area contributed by atoms with Crippen LogP contribution in [0.1, 0.15) is 46.5 Å². The molecule has 24 heavy (non-hydrogen) atoms. The Labute approximate surface area is 151 Å². The second-order valence-corrected chi connectivity index (χ2v) is 8.18. The molecule has 1 aliphatic carbocycles. The van der Waals surface area contributed by atoms with E-state index in [2.05, 4.69) is 5.16 Å². The summed E-state index contributed by atoms with van der Waals surface area (Å²) in [6.45, 7) is 5.87. The number of carbonyl (C=O) groups excluding carboxylic acids is 1. The van der Waals surface area contributed by atoms with E-state index < -0.39 is 10.8 Å². The maximum Gasteiger partial charge on any atom is 0.168 e. The molecule has 0 aliphatic heterocycles. The SMILES string of the molecule is CC/C(=N/OC/C=C/Cl)C1=C(O)C[C@@H](C[C@@H](C)[S@@](=O)CC)CC1=O. The maximum absolute atomic E-state index is 12.5. The molecule has 1 N–H and O–H groups in total. The van der Waals surface area contributed by atoms with E-state index in [-0.39, 0.29) is 34.9 Å². The smallest absolute Gasteiger partial charge is 0.168 e. The number of halogens is 1. The summed E-state index contributed by atoms with van der Waals surface area (Å²) < 4.78 is 11.8. The number of rotatable bonds is 9. The molecule has 0 aromatic heterocycles. The van der Waals surface area contributed by atoms with E-state index in [1.807, 2.05) is 20.8 Å². The molecule has 1 aliphatic rings. The summed E-state index contributed by atoms with van der Waals surface area (Å²) >= 11 is 5.40. The van der Waals surface area contributed by atoms with Gasteiger partial charge < -0.3 is 9.94 Å². The van der Waals surface area contributed by atoms with Crippen LogP contribution < -0.4 is 0 Å². The van der Waals surface area contributed by atoms with Crippen LogP contribution in [0.5, 0.6) is 0 Å². The summed E-state index contributed by atoms with van der Waals surface area (Å²) in [7, 11) is -0.891. The van der Waals surface area contributed by atoms with Crippen LogP contribution in [0.4, 0.5) is 0 Å². The number of aliphatic hydroxyl groups excluding tert-OH is 1. The number of hydrogen-bond acceptors (Lipinski definition) is 5. The molecular weight excluding hydrogens is 350 g/mol. The Morgan fingerprint density at radius 2 is 2.21 bits per heavy atom. The van der Waals surface area contributed by atoms with Crippen molar-refractivity contribution >= 4 is 33.9 Å². The number of aliphatic hydroxyl groups is 1. The van der Waals surface area contributed by atoms with Gasteiger partial charge in [-0.15, -0.1) is 0 Å². The standard InChI is InChI=1S/C17H26ClNO4S/c1-4-14(19-23-8-6-7-18)17-15(20)10-13(11-16(17)21)9-12(3)24(22)5-2/h6-7,12-13,20H,4-5,8-11H2,1-3H3/b7-6+,19-14-/t12-,13-,24+/m1/s1. The van der Waals surface area contributed by atoms with E-state index in [1.165, 1.54) is 5.54 Å². The number of hydrogen-bond donors (Lipinski definition) is 1. The molecule has 0 aromatic rings. The molecule has 1 rings (SSSR count). The van der Waals surface area contributed by atoms with Crippen LogP contribution in [0, 0.1) is 5.92 Å². The first-order chi connectivity index (χ1) is 11.4. The number of ketones is 1. The highest BCUT2D eigenvalue weighted by Gasteiger charge is 2.31. The van der Waals surface area contributed by atoms with Gasteiger partial charge in [-0.1, -0.05) is 37.5 Å². The van der Waals surface area contributed by atoms with E-state index >= 15 is 0 Å². The topological polar surface area (TPSA) is 76.0 Å². The van der Waals surface area contributed by atoms with Crippen LogP contribution in [-0.4, -0.2) is 38.4 Å². The minimum absolute atomic E-state index is 0.0185. The predicted octanol–water partition coefficient (Wildman–Crippen LogP) is 3.86. The molecule has 0 spiro atoms. The largest absolute Gasteiger partial charge is 0.511 e. The van der Waals surface area contributed by atoms with E-state index in [0.717, 1.165) is 0 Å². The van der Waals surface area contributed by atoms with Crippen LogP contribution in [0.2, 0.25) is 0 Å². The van der Waals surface area contributed by atoms with Crippen molar-refractivity contribution in [3.05, 3.63) is 22.9 Å². The Kier molecular flexibility index (Phi) is 9.29. The lowest BCUT2D eigenvalue weighted by atomic mass is 9.82. The highest BCUT2D eigenvalue weighted by Crippen LogP contribution is 2.31. The van der Waals surface area contributed by atoms with Gasteiger partial charge in [0.2, 0.25) is 0 Å². The molecule has 0 fully saturated rings. The predicted molar refractivity (Wildman–Crippen MR) is 98.8 cm³/mol. The molecule has 5 nitrogen and oxygen atoms in total. The third-order valence-corrected chi connectivity index (χ3v) is 5.82. The van der Waals surface area contributed by atoms with Gasteiger partial charge in [0.1, 0.15) is 12.4 Å². The lowest BCUT2D eigenvalue weighted by molar-refractivity contribution is -0.116. The van der Waals surface area contributed by atoms with Crippen molar-refractivity contribution in [1.82, 2.24) is 0 Å². The van der Waals surface area contributed by atoms with Crippen molar-refractivity contribution in [3.63, 3.8) is 0 Å². The zero-order valence-corrected chi connectivity index (χ0v) is 16.0. The molecule has 3 atom stereocenters. The number of Topliss-reactive ketones (excluding diaryl/α,β-unsaturated/α-hetero) is 1. The molecule has 136 valence electrons. The lowest BCUT2D eigenvalue weighted by Crippen LogP contribution is -2.27. The quantitative estimate of drug-likeness (QED) is 0.377. The first-order valence-electron chi connectivity index (χ1n) is 8.21. The minimum atomic E-state index is -0.891. The molecule has 0 radical (unpaired) electrons. The van der Waals surface area contributed by atoms with Gasteiger partial charge in [0.05, 0.1) is 11.3 Å². The Morgan fingerprint density at radius 1 is 1.50 bits per heavy atom. The van der Waals surface area contributed by atoms with Crippen molar-refractivity contribution in [2.24, 2.45) is 11.1 Å². The van der Waals surface area contributed by atoms with Gasteiger partial charge in [0.15, 0.2) is 5.78 Å². The van der Waals surface area contributed by atoms with Gasteiger partial charge in [0, 0.05) is 40.2 Å². The molecule has 0 aromatic carbocycles. The molecule has 0 unspecified atom stereocenters. The highest BCUT2D eigenvalue weighted by molar-refractivity contribution is 7.85. The Hall–Kier alpha value is -1.14. The third kappa shape index (κ3) is 6.06. The van der Waals surface area contributed by atoms with Crippen molar-refractivity contribution in [1.29, 1.82) is 0 Å². The van der Waals surface area contributed by atoms with Crippen LogP contribution in [-0.2, 0) is 20.4 Å². The van der Waals surface area contributed by atoms with E-state index in [1.54, 1.807) is 6.08 Å². The molecular formula is C17H26ClNO4S. The van der Waals surface area contributed by atoms with E-state index in [0.29, 0.717) is 37.1 Å². The van der Waals surface area contributed by atoms with E-state index in [9.17, 15) is 14.1 Å². The highest BCUT2D eigenvalue weighted by atomic mass is 35.5. The fourth-order valence-corrected chi connectivity index (χ4v) is 3.94.